The first-order chi connectivity index (χ1) is 19.1. The van der Waals surface area contributed by atoms with Crippen molar-refractivity contribution in [3.8, 4) is 0 Å². The van der Waals surface area contributed by atoms with Crippen molar-refractivity contribution in [1.82, 2.24) is 0 Å². The van der Waals surface area contributed by atoms with Crippen LogP contribution >= 0.6 is 0 Å². The zero-order valence-electron chi connectivity index (χ0n) is 25.7. The fraction of sp³-hybridized carbons (Fsp3) is 0. The van der Waals surface area contributed by atoms with E-state index in [4.69, 9.17) is 155 Å². The number of hydrogen-bond donors (Lipinski definition) is 0. The molecule has 0 saturated carbocycles. The zero-order valence-corrected chi connectivity index (χ0v) is 52.4. The Labute approximate surface area is 495 Å². The smallest absolute Gasteiger partial charge is 0.672 e. The first-order valence-electron chi connectivity index (χ1n) is 6.74. The molecular weight excluding hydrogens is 1180 g/mol. The van der Waals surface area contributed by atoms with Crippen molar-refractivity contribution < 1.29 is 248 Å². The van der Waals surface area contributed by atoms with E-state index in [1.807, 2.05) is 0 Å². The molecule has 0 atom stereocenters. The van der Waals surface area contributed by atoms with E-state index in [-0.39, 0.29) is 250 Å². The Balaban J connectivity index is -0.0000000115. The zero-order chi connectivity index (χ0) is 39.4. The van der Waals surface area contributed by atoms with Crippen LogP contribution in [-0.2, 0) is 83.2 Å². The fourth-order valence-corrected chi connectivity index (χ4v) is 0. The SMILES string of the molecule is O=[Si]([O-])[O-].O=[Si]([O-])[O-].O=[Si]([O-])[O-].O=[Si]([O-])[O-].O=[Si]([O-])[O-].O=[Si]([O-])[O-].O=[Si]([O-])[O-].O=[Si]([O-])[O-].O=[Si]([O-])[O-].O=[Si]([O-])[O-].O=[Si]([O-])[O-].[Al+3].[Al+3].[Ca+2].[Ca+2].[Fe+3].[Fe+3].[Mg+2].[Mg+2].[Na+].[Na+]. The summed E-state index contributed by atoms with van der Waals surface area (Å²) in [7, 11) is -39.9. The number of rotatable bonds is 0. The largest absolute Gasteiger partial charge is 3.00 e. The molecular formula is Al2Ca2Fe2Mg2Na2O33Si11. The van der Waals surface area contributed by atoms with Crippen LogP contribution in [0.3, 0.4) is 0 Å². The second kappa shape index (κ2) is 131. The summed E-state index contributed by atoms with van der Waals surface area (Å²) in [5.41, 5.74) is 0. The van der Waals surface area contributed by atoms with Gasteiger partial charge in [0.2, 0.25) is 0 Å². The number of hydrogen-bond acceptors (Lipinski definition) is 33. The summed E-state index contributed by atoms with van der Waals surface area (Å²) in [5.74, 6) is 0. The summed E-state index contributed by atoms with van der Waals surface area (Å²) >= 11 is 0. The normalized spacial score (nSPS) is 4.89. The van der Waals surface area contributed by atoms with E-state index in [0.29, 0.717) is 0 Å². The van der Waals surface area contributed by atoms with Crippen molar-refractivity contribution in [2.45, 2.75) is 0 Å². The van der Waals surface area contributed by atoms with Gasteiger partial charge >= 0.3 is 250 Å². The predicted octanol–water partition coefficient (Wildman–Crippen LogP) is -39.9. The fourth-order valence-electron chi connectivity index (χ4n) is 0. The Hall–Kier alpha value is 3.94. The third-order valence-electron chi connectivity index (χ3n) is 0. The molecule has 0 spiro atoms. The van der Waals surface area contributed by atoms with Crippen molar-refractivity contribution in [3.05, 3.63) is 0 Å². The van der Waals surface area contributed by atoms with Crippen LogP contribution in [0.15, 0.2) is 0 Å². The Morgan fingerprint density at radius 2 is 0.204 bits per heavy atom. The van der Waals surface area contributed by atoms with Crippen LogP contribution in [0, 0.1) is 0 Å². The molecule has 2 radical (unpaired) electrons. The molecule has 0 unspecified atom stereocenters. The molecule has 33 nitrogen and oxygen atoms in total. The third-order valence-corrected chi connectivity index (χ3v) is 0. The van der Waals surface area contributed by atoms with Crippen LogP contribution in [0.5, 0.6) is 0 Å². The van der Waals surface area contributed by atoms with E-state index in [9.17, 15) is 0 Å². The minimum atomic E-state index is -3.63. The maximum Gasteiger partial charge on any atom is 3.00 e. The second-order valence-corrected chi connectivity index (χ2v) is 8.25. The molecule has 54 heavy (non-hydrogen) atoms. The maximum absolute atomic E-state index is 8.52. The summed E-state index contributed by atoms with van der Waals surface area (Å²) in [6.07, 6.45) is 0. The van der Waals surface area contributed by atoms with Crippen LogP contribution < -0.4 is 165 Å². The Bertz CT molecular complexity index is 578. The molecule has 0 aliphatic heterocycles. The average Bonchev–Trinajstić information content (AvgIpc) is 2.55. The molecule has 0 N–H and O–H groups in total. The molecule has 0 saturated heterocycles. The van der Waals surface area contributed by atoms with Crippen LogP contribution in [0.2, 0.25) is 0 Å². The van der Waals surface area contributed by atoms with Gasteiger partial charge in [-0.3, -0.25) is 0 Å². The monoisotopic (exact) mass is 1180 g/mol. The van der Waals surface area contributed by atoms with Gasteiger partial charge in [0.05, 0.1) is 0 Å². The average molecular weight is 1180 g/mol. The molecule has 0 aliphatic carbocycles. The van der Waals surface area contributed by atoms with Crippen LogP contribution in [0.4, 0.5) is 0 Å². The summed E-state index contributed by atoms with van der Waals surface area (Å²) in [6.45, 7) is 0. The molecule has 54 heteroatoms. The van der Waals surface area contributed by atoms with E-state index in [1.54, 1.807) is 0 Å². The van der Waals surface area contributed by atoms with Crippen molar-refractivity contribution in [2.24, 2.45) is 0 Å². The molecule has 0 bridgehead atoms. The topological polar surface area (TPSA) is 695 Å². The Morgan fingerprint density at radius 1 is 0.204 bits per heavy atom. The first kappa shape index (κ1) is 138. The Kier molecular flexibility index (Phi) is 333. The molecule has 0 heterocycles. The molecule has 0 fully saturated rings. The third kappa shape index (κ3) is 10900. The van der Waals surface area contributed by atoms with Gasteiger partial charge in [0.15, 0.2) is 0 Å². The summed E-state index contributed by atoms with van der Waals surface area (Å²) in [4.78, 5) is 187. The van der Waals surface area contributed by atoms with Gasteiger partial charge in [0.1, 0.15) is 0 Å². The maximum atomic E-state index is 8.52. The van der Waals surface area contributed by atoms with Gasteiger partial charge in [0.25, 0.3) is 0 Å². The summed E-state index contributed by atoms with van der Waals surface area (Å²) < 4.78 is 93.7. The minimum absolute atomic E-state index is 0. The first-order valence-corrected chi connectivity index (χ1v) is 20.2. The molecule has 274 valence electrons. The van der Waals surface area contributed by atoms with Crippen LogP contribution in [0.25, 0.3) is 0 Å². The van der Waals surface area contributed by atoms with Gasteiger partial charge in [0, 0.05) is 101 Å². The quantitative estimate of drug-likeness (QED) is 0.203. The van der Waals surface area contributed by atoms with E-state index in [2.05, 4.69) is 0 Å². The summed E-state index contributed by atoms with van der Waals surface area (Å²) in [5, 5.41) is 0. The molecule has 0 amide bonds. The molecule has 0 aromatic heterocycles. The predicted molar refractivity (Wildman–Crippen MR) is 105 cm³/mol. The standard InChI is InChI=1S/2Al.2Ca.2Fe.2Mg.2Na.11O3Si/c;;;;;;;;;;11*1-4(2)3/q2*+3;2*+2;2*+3;2*+2;2*+1;11*-2. The molecule has 0 aromatic carbocycles. The van der Waals surface area contributed by atoms with Crippen LogP contribution in [0.1, 0.15) is 0 Å². The van der Waals surface area contributed by atoms with E-state index in [1.165, 1.54) is 0 Å². The van der Waals surface area contributed by atoms with Gasteiger partial charge in [-0.25, -0.2) is 0 Å². The molecule has 0 rings (SSSR count). The van der Waals surface area contributed by atoms with Crippen LogP contribution in [-0.4, -0.2) is 257 Å². The van der Waals surface area contributed by atoms with Crippen molar-refractivity contribution in [1.29, 1.82) is 0 Å². The van der Waals surface area contributed by atoms with Crippen molar-refractivity contribution in [3.63, 3.8) is 0 Å². The molecule has 0 aromatic rings. The van der Waals surface area contributed by atoms with E-state index < -0.39 is 101 Å². The van der Waals surface area contributed by atoms with Gasteiger partial charge in [-0.1, -0.05) is 0 Å². The molecule has 0 aliphatic rings. The van der Waals surface area contributed by atoms with Crippen molar-refractivity contribution in [2.75, 3.05) is 0 Å². The van der Waals surface area contributed by atoms with Crippen molar-refractivity contribution >= 4 is 257 Å². The Morgan fingerprint density at radius 3 is 0.204 bits per heavy atom. The van der Waals surface area contributed by atoms with Gasteiger partial charge in [-0.15, -0.1) is 0 Å². The van der Waals surface area contributed by atoms with E-state index in [0.717, 1.165) is 0 Å². The van der Waals surface area contributed by atoms with Gasteiger partial charge < -0.3 is 155 Å². The minimum Gasteiger partial charge on any atom is -0.672 e. The summed E-state index contributed by atoms with van der Waals surface area (Å²) in [6, 6.07) is 0. The second-order valence-electron chi connectivity index (χ2n) is 2.75. The van der Waals surface area contributed by atoms with Gasteiger partial charge in [-0.05, 0) is 0 Å². The van der Waals surface area contributed by atoms with Gasteiger partial charge in [-0.2, -0.15) is 0 Å². The van der Waals surface area contributed by atoms with E-state index >= 15 is 0 Å².